The Balaban J connectivity index is 1.58. The van der Waals surface area contributed by atoms with E-state index in [0.29, 0.717) is 19.5 Å². The highest BCUT2D eigenvalue weighted by Crippen LogP contribution is 2.32. The maximum atomic E-state index is 11.8. The van der Waals surface area contributed by atoms with Gasteiger partial charge in [0.1, 0.15) is 0 Å². The summed E-state index contributed by atoms with van der Waals surface area (Å²) in [5.74, 6) is 1.56. The van der Waals surface area contributed by atoms with E-state index in [-0.39, 0.29) is 12.7 Å². The first-order valence-electron chi connectivity index (χ1n) is 7.66. The molecular weight excluding hydrogens is 282 g/mol. The van der Waals surface area contributed by atoms with E-state index >= 15 is 0 Å². The van der Waals surface area contributed by atoms with E-state index in [2.05, 4.69) is 29.6 Å². The lowest BCUT2D eigenvalue weighted by molar-refractivity contribution is -0.121. The molecule has 0 aromatic heterocycles. The van der Waals surface area contributed by atoms with Crippen molar-refractivity contribution < 1.29 is 14.3 Å². The van der Waals surface area contributed by atoms with Crippen LogP contribution in [0, 0.1) is 0 Å². The molecule has 0 atom stereocenters. The molecule has 0 radical (unpaired) electrons. The van der Waals surface area contributed by atoms with Gasteiger partial charge in [0.25, 0.3) is 0 Å². The van der Waals surface area contributed by atoms with Gasteiger partial charge in [-0.15, -0.1) is 0 Å². The topological polar surface area (TPSA) is 62.8 Å². The average Bonchev–Trinajstić information content (AvgIpc) is 2.96. The highest BCUT2D eigenvalue weighted by atomic mass is 16.7. The molecule has 2 N–H and O–H groups in total. The van der Waals surface area contributed by atoms with Crippen molar-refractivity contribution in [2.24, 2.45) is 0 Å². The molecule has 1 heterocycles. The van der Waals surface area contributed by atoms with Gasteiger partial charge in [-0.25, -0.2) is 0 Å². The third-order valence-electron chi connectivity index (χ3n) is 3.41. The van der Waals surface area contributed by atoms with Crippen molar-refractivity contribution >= 4 is 5.91 Å². The number of rotatable bonds is 9. The van der Waals surface area contributed by atoms with Crippen LogP contribution in [0.15, 0.2) is 18.2 Å². The largest absolute Gasteiger partial charge is 0.454 e. The Morgan fingerprint density at radius 2 is 2.05 bits per heavy atom. The van der Waals surface area contributed by atoms with Gasteiger partial charge >= 0.3 is 0 Å². The van der Waals surface area contributed by atoms with Crippen molar-refractivity contribution in [1.82, 2.24) is 15.5 Å². The summed E-state index contributed by atoms with van der Waals surface area (Å²) in [6, 6.07) is 5.71. The van der Waals surface area contributed by atoms with Crippen LogP contribution in [0.3, 0.4) is 0 Å². The standard InChI is InChI=1S/C16H25N3O3/c1-19(2)9-3-7-17-8-6-16(20)18-11-13-4-5-14-15(10-13)22-12-21-14/h4-5,10,17H,3,6-9,11-12H2,1-2H3,(H,18,20). The molecule has 0 spiro atoms. The number of carbonyl (C=O) groups excluding carboxylic acids is 1. The molecule has 0 fully saturated rings. The Kier molecular flexibility index (Phi) is 6.48. The first-order chi connectivity index (χ1) is 10.6. The Hall–Kier alpha value is -1.79. The first kappa shape index (κ1) is 16.6. The fraction of sp³-hybridized carbons (Fsp3) is 0.562. The molecular formula is C16H25N3O3. The van der Waals surface area contributed by atoms with Gasteiger partial charge in [0, 0.05) is 19.5 Å². The minimum atomic E-state index is 0.0535. The lowest BCUT2D eigenvalue weighted by Crippen LogP contribution is -2.28. The number of nitrogens with one attached hydrogen (secondary N) is 2. The van der Waals surface area contributed by atoms with Crippen LogP contribution in [-0.2, 0) is 11.3 Å². The van der Waals surface area contributed by atoms with Crippen LogP contribution in [0.5, 0.6) is 11.5 Å². The summed E-state index contributed by atoms with van der Waals surface area (Å²) < 4.78 is 10.6. The molecule has 1 aliphatic heterocycles. The molecule has 6 heteroatoms. The quantitative estimate of drug-likeness (QED) is 0.666. The molecule has 0 aliphatic carbocycles. The van der Waals surface area contributed by atoms with E-state index in [9.17, 15) is 4.79 Å². The van der Waals surface area contributed by atoms with Crippen molar-refractivity contribution in [3.05, 3.63) is 23.8 Å². The van der Waals surface area contributed by atoms with Gasteiger partial charge in [0.15, 0.2) is 11.5 Å². The van der Waals surface area contributed by atoms with E-state index in [1.807, 2.05) is 18.2 Å². The van der Waals surface area contributed by atoms with Gasteiger partial charge in [0.05, 0.1) is 0 Å². The van der Waals surface area contributed by atoms with E-state index in [1.54, 1.807) is 0 Å². The summed E-state index contributed by atoms with van der Waals surface area (Å²) >= 11 is 0. The second kappa shape index (κ2) is 8.60. The Bertz CT molecular complexity index is 492. The van der Waals surface area contributed by atoms with Gasteiger partial charge in [0.2, 0.25) is 12.7 Å². The van der Waals surface area contributed by atoms with E-state index in [0.717, 1.165) is 36.6 Å². The zero-order valence-corrected chi connectivity index (χ0v) is 13.4. The zero-order chi connectivity index (χ0) is 15.8. The van der Waals surface area contributed by atoms with Crippen LogP contribution in [-0.4, -0.2) is 51.3 Å². The Morgan fingerprint density at radius 3 is 2.86 bits per heavy atom. The molecule has 122 valence electrons. The van der Waals surface area contributed by atoms with Gasteiger partial charge in [-0.3, -0.25) is 4.79 Å². The lowest BCUT2D eigenvalue weighted by atomic mass is 10.2. The highest BCUT2D eigenvalue weighted by molar-refractivity contribution is 5.76. The van der Waals surface area contributed by atoms with Crippen molar-refractivity contribution in [2.45, 2.75) is 19.4 Å². The molecule has 1 aromatic carbocycles. The van der Waals surface area contributed by atoms with Crippen LogP contribution < -0.4 is 20.1 Å². The monoisotopic (exact) mass is 307 g/mol. The van der Waals surface area contributed by atoms with Crippen molar-refractivity contribution in [2.75, 3.05) is 40.5 Å². The number of hydrogen-bond donors (Lipinski definition) is 2. The van der Waals surface area contributed by atoms with Gasteiger partial charge < -0.3 is 25.0 Å². The number of benzene rings is 1. The van der Waals surface area contributed by atoms with Crippen LogP contribution >= 0.6 is 0 Å². The third-order valence-corrected chi connectivity index (χ3v) is 3.41. The number of fused-ring (bicyclic) bond motifs is 1. The maximum absolute atomic E-state index is 11.8. The normalized spacial score (nSPS) is 12.7. The number of carbonyl (C=O) groups is 1. The number of nitrogens with zero attached hydrogens (tertiary/aromatic N) is 1. The summed E-state index contributed by atoms with van der Waals surface area (Å²) in [6.45, 7) is 3.48. The molecule has 1 aromatic rings. The lowest BCUT2D eigenvalue weighted by Gasteiger charge is -2.10. The number of ether oxygens (including phenoxy) is 2. The predicted molar refractivity (Wildman–Crippen MR) is 85.1 cm³/mol. The summed E-state index contributed by atoms with van der Waals surface area (Å²) in [5, 5.41) is 6.20. The summed E-state index contributed by atoms with van der Waals surface area (Å²) in [6.07, 6.45) is 1.58. The molecule has 6 nitrogen and oxygen atoms in total. The van der Waals surface area contributed by atoms with Crippen LogP contribution in [0.25, 0.3) is 0 Å². The van der Waals surface area contributed by atoms with Gasteiger partial charge in [-0.05, 0) is 51.3 Å². The summed E-state index contributed by atoms with van der Waals surface area (Å²) in [4.78, 5) is 13.9. The smallest absolute Gasteiger partial charge is 0.231 e. The molecule has 0 saturated heterocycles. The fourth-order valence-corrected chi connectivity index (χ4v) is 2.19. The SMILES string of the molecule is CN(C)CCCNCCC(=O)NCc1ccc2c(c1)OCO2. The number of amides is 1. The Labute approximate surface area is 131 Å². The molecule has 2 rings (SSSR count). The zero-order valence-electron chi connectivity index (χ0n) is 13.4. The second-order valence-corrected chi connectivity index (χ2v) is 5.62. The summed E-state index contributed by atoms with van der Waals surface area (Å²) in [7, 11) is 4.12. The van der Waals surface area contributed by atoms with E-state index in [1.165, 1.54) is 0 Å². The number of hydrogen-bond acceptors (Lipinski definition) is 5. The molecule has 0 unspecified atom stereocenters. The molecule has 22 heavy (non-hydrogen) atoms. The predicted octanol–water partition coefficient (Wildman–Crippen LogP) is 0.963. The van der Waals surface area contributed by atoms with Gasteiger partial charge in [-0.1, -0.05) is 6.07 Å². The van der Waals surface area contributed by atoms with Gasteiger partial charge in [-0.2, -0.15) is 0 Å². The van der Waals surface area contributed by atoms with Crippen LogP contribution in [0.4, 0.5) is 0 Å². The van der Waals surface area contributed by atoms with E-state index in [4.69, 9.17) is 9.47 Å². The van der Waals surface area contributed by atoms with Crippen LogP contribution in [0.2, 0.25) is 0 Å². The molecule has 1 aliphatic rings. The Morgan fingerprint density at radius 1 is 1.23 bits per heavy atom. The van der Waals surface area contributed by atoms with Crippen molar-refractivity contribution in [3.8, 4) is 11.5 Å². The van der Waals surface area contributed by atoms with E-state index < -0.39 is 0 Å². The molecule has 0 saturated carbocycles. The molecule has 0 bridgehead atoms. The first-order valence-corrected chi connectivity index (χ1v) is 7.66. The van der Waals surface area contributed by atoms with Crippen LogP contribution in [0.1, 0.15) is 18.4 Å². The summed E-state index contributed by atoms with van der Waals surface area (Å²) in [5.41, 5.74) is 1.01. The van der Waals surface area contributed by atoms with Crippen molar-refractivity contribution in [3.63, 3.8) is 0 Å². The third kappa shape index (κ3) is 5.54. The average molecular weight is 307 g/mol. The molecule has 1 amide bonds. The second-order valence-electron chi connectivity index (χ2n) is 5.62. The minimum Gasteiger partial charge on any atom is -0.454 e. The highest BCUT2D eigenvalue weighted by Gasteiger charge is 2.13. The minimum absolute atomic E-state index is 0.0535. The van der Waals surface area contributed by atoms with Crippen molar-refractivity contribution in [1.29, 1.82) is 0 Å². The maximum Gasteiger partial charge on any atom is 0.231 e. The fourth-order valence-electron chi connectivity index (χ4n) is 2.19.